The van der Waals surface area contributed by atoms with Crippen molar-refractivity contribution in [2.24, 2.45) is 5.92 Å². The SMILES string of the molecule is COC(C)(C)CC(=O)N1CCC2NC(=O)CCC2C1. The van der Waals surface area contributed by atoms with Crippen molar-refractivity contribution in [2.45, 2.75) is 51.2 Å². The minimum absolute atomic E-state index is 0.154. The van der Waals surface area contributed by atoms with Gasteiger partial charge in [0.1, 0.15) is 0 Å². The van der Waals surface area contributed by atoms with E-state index < -0.39 is 5.60 Å². The number of piperidine rings is 2. The highest BCUT2D eigenvalue weighted by Crippen LogP contribution is 2.26. The van der Waals surface area contributed by atoms with Crippen LogP contribution in [0.4, 0.5) is 0 Å². The molecule has 0 aromatic heterocycles. The van der Waals surface area contributed by atoms with Crippen molar-refractivity contribution in [1.29, 1.82) is 0 Å². The Morgan fingerprint density at radius 3 is 2.89 bits per heavy atom. The number of likely N-dealkylation sites (tertiary alicyclic amines) is 1. The molecule has 2 heterocycles. The minimum Gasteiger partial charge on any atom is -0.378 e. The van der Waals surface area contributed by atoms with Gasteiger partial charge in [-0.1, -0.05) is 0 Å². The van der Waals surface area contributed by atoms with Crippen LogP contribution < -0.4 is 5.32 Å². The predicted molar refractivity (Wildman–Crippen MR) is 71.6 cm³/mol. The maximum Gasteiger partial charge on any atom is 0.225 e. The van der Waals surface area contributed by atoms with Crippen molar-refractivity contribution >= 4 is 11.8 Å². The van der Waals surface area contributed by atoms with E-state index in [-0.39, 0.29) is 17.9 Å². The van der Waals surface area contributed by atoms with Crippen molar-refractivity contribution in [1.82, 2.24) is 10.2 Å². The van der Waals surface area contributed by atoms with Crippen molar-refractivity contribution in [3.05, 3.63) is 0 Å². The second-order valence-corrected chi connectivity index (χ2v) is 6.24. The molecule has 2 aliphatic rings. The van der Waals surface area contributed by atoms with Gasteiger partial charge >= 0.3 is 0 Å². The molecule has 2 fully saturated rings. The molecule has 0 saturated carbocycles. The first-order chi connectivity index (χ1) is 8.91. The van der Waals surface area contributed by atoms with Crippen LogP contribution in [0.2, 0.25) is 0 Å². The summed E-state index contributed by atoms with van der Waals surface area (Å²) in [4.78, 5) is 25.6. The lowest BCUT2D eigenvalue weighted by molar-refractivity contribution is -0.139. The highest BCUT2D eigenvalue weighted by Gasteiger charge is 2.36. The number of fused-ring (bicyclic) bond motifs is 1. The molecule has 5 heteroatoms. The van der Waals surface area contributed by atoms with Crippen LogP contribution in [0.3, 0.4) is 0 Å². The Morgan fingerprint density at radius 1 is 1.47 bits per heavy atom. The van der Waals surface area contributed by atoms with Crippen LogP contribution in [0.5, 0.6) is 0 Å². The molecule has 1 N–H and O–H groups in total. The molecule has 0 radical (unpaired) electrons. The summed E-state index contributed by atoms with van der Waals surface area (Å²) in [5, 5.41) is 3.04. The van der Waals surface area contributed by atoms with Crippen LogP contribution in [0, 0.1) is 5.92 Å². The van der Waals surface area contributed by atoms with Gasteiger partial charge in [0.15, 0.2) is 0 Å². The molecule has 0 aromatic rings. The fourth-order valence-corrected chi connectivity index (χ4v) is 2.88. The summed E-state index contributed by atoms with van der Waals surface area (Å²) in [5.74, 6) is 0.727. The Labute approximate surface area is 114 Å². The number of ether oxygens (including phenoxy) is 1. The number of nitrogens with one attached hydrogen (secondary N) is 1. The Balaban J connectivity index is 1.90. The van der Waals surface area contributed by atoms with E-state index in [0.717, 1.165) is 25.9 Å². The number of rotatable bonds is 3. The summed E-state index contributed by atoms with van der Waals surface area (Å²) in [6.07, 6.45) is 2.77. The van der Waals surface area contributed by atoms with Gasteiger partial charge in [0.25, 0.3) is 0 Å². The van der Waals surface area contributed by atoms with Gasteiger partial charge in [-0.25, -0.2) is 0 Å². The third kappa shape index (κ3) is 3.47. The zero-order valence-electron chi connectivity index (χ0n) is 12.1. The molecule has 108 valence electrons. The molecular weight excluding hydrogens is 244 g/mol. The molecule has 2 aliphatic heterocycles. The average molecular weight is 268 g/mol. The van der Waals surface area contributed by atoms with Crippen LogP contribution in [0.15, 0.2) is 0 Å². The van der Waals surface area contributed by atoms with Gasteiger partial charge in [0, 0.05) is 32.7 Å². The highest BCUT2D eigenvalue weighted by molar-refractivity contribution is 5.78. The lowest BCUT2D eigenvalue weighted by atomic mass is 9.85. The van der Waals surface area contributed by atoms with Gasteiger partial charge in [-0.15, -0.1) is 0 Å². The fraction of sp³-hybridized carbons (Fsp3) is 0.857. The minimum atomic E-state index is -0.408. The molecule has 2 rings (SSSR count). The normalized spacial score (nSPS) is 27.7. The molecule has 2 saturated heterocycles. The third-order valence-electron chi connectivity index (χ3n) is 4.30. The quantitative estimate of drug-likeness (QED) is 0.828. The van der Waals surface area contributed by atoms with E-state index in [0.29, 0.717) is 18.8 Å². The summed E-state index contributed by atoms with van der Waals surface area (Å²) in [5.41, 5.74) is -0.408. The van der Waals surface area contributed by atoms with Crippen molar-refractivity contribution < 1.29 is 14.3 Å². The topological polar surface area (TPSA) is 58.6 Å². The van der Waals surface area contributed by atoms with Crippen LogP contribution in [0.25, 0.3) is 0 Å². The number of amides is 2. The van der Waals surface area contributed by atoms with Crippen LogP contribution in [0.1, 0.15) is 39.5 Å². The maximum atomic E-state index is 12.3. The van der Waals surface area contributed by atoms with E-state index >= 15 is 0 Å². The Bertz CT molecular complexity index is 368. The highest BCUT2D eigenvalue weighted by atomic mass is 16.5. The molecule has 0 bridgehead atoms. The molecule has 0 aromatic carbocycles. The number of carbonyl (C=O) groups is 2. The fourth-order valence-electron chi connectivity index (χ4n) is 2.88. The molecule has 2 amide bonds. The van der Waals surface area contributed by atoms with Crippen LogP contribution >= 0.6 is 0 Å². The van der Waals surface area contributed by atoms with E-state index in [1.807, 2.05) is 18.7 Å². The molecule has 5 nitrogen and oxygen atoms in total. The number of hydrogen-bond donors (Lipinski definition) is 1. The zero-order valence-corrected chi connectivity index (χ0v) is 12.1. The first-order valence-electron chi connectivity index (χ1n) is 7.03. The molecule has 0 spiro atoms. The molecule has 2 atom stereocenters. The molecule has 19 heavy (non-hydrogen) atoms. The van der Waals surface area contributed by atoms with Gasteiger partial charge in [0.2, 0.25) is 11.8 Å². The second kappa shape index (κ2) is 5.49. The first kappa shape index (κ1) is 14.3. The van der Waals surface area contributed by atoms with Gasteiger partial charge in [-0.3, -0.25) is 9.59 Å². The van der Waals surface area contributed by atoms with Gasteiger partial charge in [-0.05, 0) is 32.6 Å². The van der Waals surface area contributed by atoms with Gasteiger partial charge in [-0.2, -0.15) is 0 Å². The van der Waals surface area contributed by atoms with Gasteiger partial charge in [0.05, 0.1) is 12.0 Å². The summed E-state index contributed by atoms with van der Waals surface area (Å²) in [6.45, 7) is 5.36. The summed E-state index contributed by atoms with van der Waals surface area (Å²) in [6, 6.07) is 0.265. The first-order valence-corrected chi connectivity index (χ1v) is 7.03. The number of nitrogens with zero attached hydrogens (tertiary/aromatic N) is 1. The predicted octanol–water partition coefficient (Wildman–Crippen LogP) is 0.929. The summed E-state index contributed by atoms with van der Waals surface area (Å²) < 4.78 is 5.32. The molecule has 0 aliphatic carbocycles. The van der Waals surface area contributed by atoms with E-state index in [1.165, 1.54) is 0 Å². The maximum absolute atomic E-state index is 12.3. The Hall–Kier alpha value is -1.10. The monoisotopic (exact) mass is 268 g/mol. The average Bonchev–Trinajstić information content (AvgIpc) is 2.37. The molecular formula is C14H24N2O3. The van der Waals surface area contributed by atoms with Crippen LogP contribution in [-0.4, -0.2) is 48.6 Å². The Kier molecular flexibility index (Phi) is 4.13. The van der Waals surface area contributed by atoms with Crippen molar-refractivity contribution in [3.63, 3.8) is 0 Å². The van der Waals surface area contributed by atoms with E-state index in [9.17, 15) is 9.59 Å². The second-order valence-electron chi connectivity index (χ2n) is 6.24. The van der Waals surface area contributed by atoms with Crippen molar-refractivity contribution in [3.8, 4) is 0 Å². The lowest BCUT2D eigenvalue weighted by Crippen LogP contribution is -2.55. The zero-order chi connectivity index (χ0) is 14.0. The third-order valence-corrected chi connectivity index (χ3v) is 4.30. The summed E-state index contributed by atoms with van der Waals surface area (Å²) >= 11 is 0. The van der Waals surface area contributed by atoms with Gasteiger partial charge < -0.3 is 15.0 Å². The standard InChI is InChI=1S/C14H24N2O3/c1-14(2,19-3)8-13(18)16-7-6-11-10(9-16)4-5-12(17)15-11/h10-11H,4-9H2,1-3H3,(H,15,17). The van der Waals surface area contributed by atoms with Crippen molar-refractivity contribution in [2.75, 3.05) is 20.2 Å². The van der Waals surface area contributed by atoms with Crippen LogP contribution in [-0.2, 0) is 14.3 Å². The van der Waals surface area contributed by atoms with E-state index in [1.54, 1.807) is 7.11 Å². The van der Waals surface area contributed by atoms with E-state index in [2.05, 4.69) is 5.32 Å². The number of hydrogen-bond acceptors (Lipinski definition) is 3. The Morgan fingerprint density at radius 2 is 2.21 bits per heavy atom. The largest absolute Gasteiger partial charge is 0.378 e. The van der Waals surface area contributed by atoms with E-state index in [4.69, 9.17) is 4.74 Å². The number of carbonyl (C=O) groups excluding carboxylic acids is 2. The smallest absolute Gasteiger partial charge is 0.225 e. The number of methoxy groups -OCH3 is 1. The lowest BCUT2D eigenvalue weighted by Gasteiger charge is -2.42. The summed E-state index contributed by atoms with van der Waals surface area (Å²) in [7, 11) is 1.64. The molecule has 2 unspecified atom stereocenters.